The Bertz CT molecular complexity index is 760. The highest BCUT2D eigenvalue weighted by atomic mass is 19.2. The van der Waals surface area contributed by atoms with E-state index in [1.807, 2.05) is 30.3 Å². The van der Waals surface area contributed by atoms with Gasteiger partial charge >= 0.3 is 0 Å². The van der Waals surface area contributed by atoms with Gasteiger partial charge in [0.2, 0.25) is 5.91 Å². The molecule has 25 heavy (non-hydrogen) atoms. The highest BCUT2D eigenvalue weighted by Crippen LogP contribution is 2.44. The van der Waals surface area contributed by atoms with Gasteiger partial charge in [-0.05, 0) is 43.0 Å². The van der Waals surface area contributed by atoms with Crippen molar-refractivity contribution in [2.24, 2.45) is 0 Å². The Morgan fingerprint density at radius 2 is 1.80 bits per heavy atom. The summed E-state index contributed by atoms with van der Waals surface area (Å²) in [4.78, 5) is 12.9. The summed E-state index contributed by atoms with van der Waals surface area (Å²) in [6.45, 7) is 1.65. The van der Waals surface area contributed by atoms with E-state index in [0.717, 1.165) is 37.0 Å². The zero-order chi connectivity index (χ0) is 18.0. The number of aliphatic hydroxyl groups excluding tert-OH is 1. The van der Waals surface area contributed by atoms with Crippen LogP contribution in [0.15, 0.2) is 48.5 Å². The molecule has 2 atom stereocenters. The molecule has 1 aliphatic rings. The normalized spacial score (nSPS) is 18.1. The van der Waals surface area contributed by atoms with E-state index in [1.165, 1.54) is 6.07 Å². The van der Waals surface area contributed by atoms with Crippen molar-refractivity contribution in [3.05, 3.63) is 71.3 Å². The number of amides is 1. The molecule has 0 saturated heterocycles. The van der Waals surface area contributed by atoms with Crippen molar-refractivity contribution in [3.63, 3.8) is 0 Å². The molecule has 2 aromatic rings. The van der Waals surface area contributed by atoms with Crippen LogP contribution in [0.25, 0.3) is 0 Å². The Morgan fingerprint density at radius 3 is 2.36 bits per heavy atom. The molecule has 1 aliphatic carbocycles. The quantitative estimate of drug-likeness (QED) is 0.869. The van der Waals surface area contributed by atoms with Crippen LogP contribution in [-0.2, 0) is 10.2 Å². The van der Waals surface area contributed by atoms with Crippen LogP contribution in [0.5, 0.6) is 0 Å². The molecule has 2 aromatic carbocycles. The van der Waals surface area contributed by atoms with Crippen LogP contribution in [0.3, 0.4) is 0 Å². The van der Waals surface area contributed by atoms with Crippen molar-refractivity contribution in [2.45, 2.75) is 43.7 Å². The smallest absolute Gasteiger partial charge is 0.230 e. The molecule has 5 heteroatoms. The minimum absolute atomic E-state index is 0.140. The molecule has 1 amide bonds. The van der Waals surface area contributed by atoms with E-state index < -0.39 is 29.2 Å². The minimum atomic E-state index is -1.12. The average molecular weight is 345 g/mol. The number of hydrogen-bond donors (Lipinski definition) is 2. The lowest BCUT2D eigenvalue weighted by Gasteiger charge is -2.41. The molecule has 0 aromatic heterocycles. The van der Waals surface area contributed by atoms with Crippen LogP contribution in [-0.4, -0.2) is 17.1 Å². The third-order valence-corrected chi connectivity index (χ3v) is 5.09. The topological polar surface area (TPSA) is 49.3 Å². The number of carbonyl (C=O) groups excluding carboxylic acids is 1. The molecule has 132 valence electrons. The first kappa shape index (κ1) is 17.5. The summed E-state index contributed by atoms with van der Waals surface area (Å²) in [6.07, 6.45) is 1.38. The minimum Gasteiger partial charge on any atom is -0.386 e. The first-order valence-electron chi connectivity index (χ1n) is 8.43. The standard InChI is InChI=1S/C20H21F2NO2/c1-13(18(24)14-8-9-16(21)17(22)12-14)23-19(25)20(10-5-11-20)15-6-3-2-4-7-15/h2-4,6-9,12-13,18,24H,5,10-11H2,1H3,(H,23,25). The lowest BCUT2D eigenvalue weighted by atomic mass is 9.63. The first-order chi connectivity index (χ1) is 11.9. The fourth-order valence-corrected chi connectivity index (χ4v) is 3.34. The van der Waals surface area contributed by atoms with Gasteiger partial charge in [-0.3, -0.25) is 4.79 Å². The Kier molecular flexibility index (Phi) is 4.86. The number of benzene rings is 2. The maximum absolute atomic E-state index is 13.4. The van der Waals surface area contributed by atoms with Crippen LogP contribution in [0.2, 0.25) is 0 Å². The Morgan fingerprint density at radius 1 is 1.12 bits per heavy atom. The number of hydrogen-bond acceptors (Lipinski definition) is 2. The number of aliphatic hydroxyl groups is 1. The van der Waals surface area contributed by atoms with Gasteiger partial charge in [0.05, 0.1) is 17.6 Å². The van der Waals surface area contributed by atoms with Crippen molar-refractivity contribution >= 4 is 5.91 Å². The molecular weight excluding hydrogens is 324 g/mol. The predicted octanol–water partition coefficient (Wildman–Crippen LogP) is 3.62. The largest absolute Gasteiger partial charge is 0.386 e. The van der Waals surface area contributed by atoms with E-state index in [2.05, 4.69) is 5.32 Å². The maximum Gasteiger partial charge on any atom is 0.230 e. The highest BCUT2D eigenvalue weighted by Gasteiger charge is 2.46. The molecule has 2 N–H and O–H groups in total. The number of rotatable bonds is 5. The van der Waals surface area contributed by atoms with Gasteiger partial charge in [-0.2, -0.15) is 0 Å². The zero-order valence-electron chi connectivity index (χ0n) is 14.0. The fourth-order valence-electron chi connectivity index (χ4n) is 3.34. The van der Waals surface area contributed by atoms with E-state index in [-0.39, 0.29) is 11.5 Å². The second-order valence-corrected chi connectivity index (χ2v) is 6.68. The molecule has 0 aliphatic heterocycles. The summed E-state index contributed by atoms with van der Waals surface area (Å²) in [5, 5.41) is 13.2. The van der Waals surface area contributed by atoms with Crippen LogP contribution in [0.1, 0.15) is 43.4 Å². The van der Waals surface area contributed by atoms with E-state index in [0.29, 0.717) is 0 Å². The second-order valence-electron chi connectivity index (χ2n) is 6.68. The predicted molar refractivity (Wildman–Crippen MR) is 90.9 cm³/mol. The molecule has 0 spiro atoms. The van der Waals surface area contributed by atoms with Crippen LogP contribution in [0.4, 0.5) is 8.78 Å². The monoisotopic (exact) mass is 345 g/mol. The summed E-state index contributed by atoms with van der Waals surface area (Å²) in [7, 11) is 0. The Labute approximate surface area is 145 Å². The van der Waals surface area contributed by atoms with Gasteiger partial charge in [0.25, 0.3) is 0 Å². The molecule has 0 heterocycles. The highest BCUT2D eigenvalue weighted by molar-refractivity contribution is 5.89. The molecule has 0 radical (unpaired) electrons. The van der Waals surface area contributed by atoms with Crippen molar-refractivity contribution in [2.75, 3.05) is 0 Å². The Hall–Kier alpha value is -2.27. The van der Waals surface area contributed by atoms with Gasteiger partial charge in [-0.15, -0.1) is 0 Å². The SMILES string of the molecule is CC(NC(=O)C1(c2ccccc2)CCC1)C(O)c1ccc(F)c(F)c1. The van der Waals surface area contributed by atoms with Crippen LogP contribution < -0.4 is 5.32 Å². The zero-order valence-corrected chi connectivity index (χ0v) is 14.0. The van der Waals surface area contributed by atoms with Crippen LogP contribution in [0, 0.1) is 11.6 Å². The summed E-state index contributed by atoms with van der Waals surface area (Å²) in [5.41, 5.74) is 0.630. The van der Waals surface area contributed by atoms with Gasteiger partial charge < -0.3 is 10.4 Å². The molecule has 2 unspecified atom stereocenters. The molecule has 1 fully saturated rings. The Balaban J connectivity index is 1.74. The van der Waals surface area contributed by atoms with Gasteiger partial charge in [-0.25, -0.2) is 8.78 Å². The van der Waals surface area contributed by atoms with Gasteiger partial charge in [0, 0.05) is 0 Å². The van der Waals surface area contributed by atoms with Crippen molar-refractivity contribution in [3.8, 4) is 0 Å². The third kappa shape index (κ3) is 3.29. The summed E-state index contributed by atoms with van der Waals surface area (Å²) >= 11 is 0. The lowest BCUT2D eigenvalue weighted by Crippen LogP contribution is -2.52. The van der Waals surface area contributed by atoms with E-state index in [1.54, 1.807) is 6.92 Å². The van der Waals surface area contributed by atoms with Crippen molar-refractivity contribution in [1.29, 1.82) is 0 Å². The summed E-state index contributed by atoms with van der Waals surface area (Å²) in [6, 6.07) is 12.2. The first-order valence-corrected chi connectivity index (χ1v) is 8.43. The second kappa shape index (κ2) is 6.92. The number of carbonyl (C=O) groups is 1. The van der Waals surface area contributed by atoms with E-state index in [9.17, 15) is 18.7 Å². The molecular formula is C20H21F2NO2. The molecule has 3 nitrogen and oxygen atoms in total. The molecule has 1 saturated carbocycles. The van der Waals surface area contributed by atoms with Crippen molar-refractivity contribution < 1.29 is 18.7 Å². The molecule has 3 rings (SSSR count). The number of halogens is 2. The van der Waals surface area contributed by atoms with E-state index >= 15 is 0 Å². The van der Waals surface area contributed by atoms with E-state index in [4.69, 9.17) is 0 Å². The van der Waals surface area contributed by atoms with Crippen molar-refractivity contribution in [1.82, 2.24) is 5.32 Å². The van der Waals surface area contributed by atoms with Gasteiger partial charge in [0.1, 0.15) is 0 Å². The summed E-state index contributed by atoms with van der Waals surface area (Å²) in [5.74, 6) is -2.13. The summed E-state index contributed by atoms with van der Waals surface area (Å²) < 4.78 is 26.4. The van der Waals surface area contributed by atoms with Crippen LogP contribution >= 0.6 is 0 Å². The maximum atomic E-state index is 13.4. The van der Waals surface area contributed by atoms with Gasteiger partial charge in [0.15, 0.2) is 11.6 Å². The molecule has 0 bridgehead atoms. The van der Waals surface area contributed by atoms with Gasteiger partial charge in [-0.1, -0.05) is 42.8 Å². The number of nitrogens with one attached hydrogen (secondary N) is 1. The average Bonchev–Trinajstić information content (AvgIpc) is 2.56. The third-order valence-electron chi connectivity index (χ3n) is 5.09. The lowest BCUT2D eigenvalue weighted by molar-refractivity contribution is -0.131. The fraction of sp³-hybridized carbons (Fsp3) is 0.350.